The zero-order chi connectivity index (χ0) is 19.1. The van der Waals surface area contributed by atoms with Crippen LogP contribution in [0.2, 0.25) is 0 Å². The number of rotatable bonds is 0. The Morgan fingerprint density at radius 2 is 1.59 bits per heavy atom. The van der Waals surface area contributed by atoms with Gasteiger partial charge in [0, 0.05) is 22.0 Å². The molecule has 2 aliphatic rings. The van der Waals surface area contributed by atoms with Crippen LogP contribution in [-0.2, 0) is 0 Å². The molecule has 0 bridgehead atoms. The summed E-state index contributed by atoms with van der Waals surface area (Å²) in [5.74, 6) is 1.74. The smallest absolute Gasteiger partial charge is 0.258 e. The zero-order valence-electron chi connectivity index (χ0n) is 15.4. The molecule has 5 aromatic rings. The third-order valence-electron chi connectivity index (χ3n) is 6.31. The lowest BCUT2D eigenvalue weighted by atomic mass is 9.34. The second-order valence-electron chi connectivity index (χ2n) is 7.65. The van der Waals surface area contributed by atoms with Crippen LogP contribution in [0.4, 0.5) is 0 Å². The Morgan fingerprint density at radius 3 is 2.52 bits per heavy atom. The summed E-state index contributed by atoms with van der Waals surface area (Å²) in [6.45, 7) is -0.0127. The topological polar surface area (TPSA) is 38.0 Å². The summed E-state index contributed by atoms with van der Waals surface area (Å²) < 4.78 is 8.61. The molecule has 2 aliphatic heterocycles. The van der Waals surface area contributed by atoms with Crippen molar-refractivity contribution in [2.75, 3.05) is 0 Å². The van der Waals surface area contributed by atoms with E-state index in [9.17, 15) is 5.26 Å². The van der Waals surface area contributed by atoms with E-state index in [2.05, 4.69) is 59.2 Å². The quantitative estimate of drug-likeness (QED) is 0.384. The van der Waals surface area contributed by atoms with Crippen LogP contribution < -0.4 is 21.1 Å². The molecule has 29 heavy (non-hydrogen) atoms. The Hall–Kier alpha value is -3.97. The third-order valence-corrected chi connectivity index (χ3v) is 6.31. The molecule has 0 spiro atoms. The van der Waals surface area contributed by atoms with Crippen LogP contribution in [0.15, 0.2) is 78.9 Å². The molecule has 1 aromatic heterocycles. The average molecular weight is 368 g/mol. The van der Waals surface area contributed by atoms with E-state index in [1.165, 1.54) is 10.8 Å². The predicted octanol–water partition coefficient (Wildman–Crippen LogP) is 3.59. The molecule has 4 aromatic carbocycles. The Labute approximate surface area is 167 Å². The van der Waals surface area contributed by atoms with Crippen molar-refractivity contribution in [3.8, 4) is 23.3 Å². The van der Waals surface area contributed by atoms with E-state index in [1.54, 1.807) is 0 Å². The number of hydrogen-bond acceptors (Lipinski definition) is 2. The van der Waals surface area contributed by atoms with Crippen LogP contribution in [-0.4, -0.2) is 11.3 Å². The van der Waals surface area contributed by atoms with Gasteiger partial charge in [-0.05, 0) is 46.7 Å². The van der Waals surface area contributed by atoms with E-state index >= 15 is 0 Å². The van der Waals surface area contributed by atoms with Gasteiger partial charge in [0.2, 0.25) is 0 Å². The number of nitrogens with zero attached hydrogens (tertiary/aromatic N) is 2. The highest BCUT2D eigenvalue weighted by molar-refractivity contribution is 6.99. The minimum Gasteiger partial charge on any atom is -0.458 e. The molecule has 0 saturated heterocycles. The lowest BCUT2D eigenvalue weighted by Crippen LogP contribution is -2.59. The number of fused-ring (bicyclic) bond motifs is 7. The van der Waals surface area contributed by atoms with Gasteiger partial charge in [0.25, 0.3) is 6.71 Å². The summed E-state index contributed by atoms with van der Waals surface area (Å²) in [4.78, 5) is 0. The first kappa shape index (κ1) is 15.0. The van der Waals surface area contributed by atoms with Gasteiger partial charge in [-0.15, -0.1) is 0 Å². The van der Waals surface area contributed by atoms with Crippen molar-refractivity contribution >= 4 is 44.9 Å². The van der Waals surface area contributed by atoms with Gasteiger partial charge in [-0.25, -0.2) is 0 Å². The van der Waals surface area contributed by atoms with Crippen LogP contribution in [0.3, 0.4) is 0 Å². The van der Waals surface area contributed by atoms with Crippen molar-refractivity contribution < 1.29 is 4.74 Å². The first-order valence-electron chi connectivity index (χ1n) is 9.73. The largest absolute Gasteiger partial charge is 0.458 e. The van der Waals surface area contributed by atoms with E-state index < -0.39 is 0 Å². The zero-order valence-corrected chi connectivity index (χ0v) is 15.4. The van der Waals surface area contributed by atoms with Crippen molar-refractivity contribution in [3.63, 3.8) is 0 Å². The standard InChI is InChI=1S/C25H13BN2O/c27-14-15-12-13-17-16-6-1-3-8-19(16)28-20-9-5-11-22-24(20)26(23(15)25(17)28)18-7-2-4-10-21(18)29-22/h1-13H. The number of nitriles is 1. The Kier molecular flexibility index (Phi) is 2.64. The highest BCUT2D eigenvalue weighted by Crippen LogP contribution is 2.37. The summed E-state index contributed by atoms with van der Waals surface area (Å²) in [6.07, 6.45) is 0. The highest BCUT2D eigenvalue weighted by Gasteiger charge is 2.41. The first-order valence-corrected chi connectivity index (χ1v) is 9.73. The van der Waals surface area contributed by atoms with Gasteiger partial charge in [0.15, 0.2) is 0 Å². The molecule has 3 heterocycles. The van der Waals surface area contributed by atoms with Crippen molar-refractivity contribution in [1.82, 2.24) is 4.57 Å². The van der Waals surface area contributed by atoms with Crippen LogP contribution in [0.25, 0.3) is 27.5 Å². The maximum atomic E-state index is 10.0. The molecular weight excluding hydrogens is 355 g/mol. The Bertz CT molecular complexity index is 1560. The van der Waals surface area contributed by atoms with Crippen molar-refractivity contribution in [2.45, 2.75) is 0 Å². The van der Waals surface area contributed by atoms with E-state index in [0.717, 1.165) is 50.2 Å². The van der Waals surface area contributed by atoms with Crippen molar-refractivity contribution in [1.29, 1.82) is 5.26 Å². The maximum Gasteiger partial charge on any atom is 0.258 e. The number of hydrogen-bond donors (Lipinski definition) is 0. The maximum absolute atomic E-state index is 10.0. The van der Waals surface area contributed by atoms with Gasteiger partial charge in [-0.1, -0.05) is 48.5 Å². The van der Waals surface area contributed by atoms with E-state index in [4.69, 9.17) is 4.74 Å². The fourth-order valence-electron chi connectivity index (χ4n) is 5.22. The van der Waals surface area contributed by atoms with E-state index in [0.29, 0.717) is 0 Å². The lowest BCUT2D eigenvalue weighted by Gasteiger charge is -2.33. The fraction of sp³-hybridized carbons (Fsp3) is 0. The molecule has 0 amide bonds. The number of ether oxygens (including phenoxy) is 1. The minimum atomic E-state index is -0.0127. The van der Waals surface area contributed by atoms with Gasteiger partial charge < -0.3 is 9.30 Å². The molecule has 0 saturated carbocycles. The second-order valence-corrected chi connectivity index (χ2v) is 7.65. The molecule has 4 heteroatoms. The summed E-state index contributed by atoms with van der Waals surface area (Å²) in [6, 6.07) is 29.4. The van der Waals surface area contributed by atoms with Crippen LogP contribution >= 0.6 is 0 Å². The van der Waals surface area contributed by atoms with Gasteiger partial charge in [0.05, 0.1) is 17.1 Å². The van der Waals surface area contributed by atoms with Crippen molar-refractivity contribution in [3.05, 3.63) is 84.4 Å². The first-order chi connectivity index (χ1) is 14.4. The van der Waals surface area contributed by atoms with Gasteiger partial charge >= 0.3 is 0 Å². The normalized spacial score (nSPS) is 13.0. The summed E-state index contributed by atoms with van der Waals surface area (Å²) in [7, 11) is 0. The lowest BCUT2D eigenvalue weighted by molar-refractivity contribution is 0.487. The molecule has 0 fully saturated rings. The highest BCUT2D eigenvalue weighted by atomic mass is 16.5. The molecular formula is C25H13BN2O. The summed E-state index contributed by atoms with van der Waals surface area (Å²) >= 11 is 0. The molecule has 0 aliphatic carbocycles. The van der Waals surface area contributed by atoms with Gasteiger partial charge in [0.1, 0.15) is 11.5 Å². The number of aromatic nitrogens is 1. The average Bonchev–Trinajstić information content (AvgIpc) is 3.11. The monoisotopic (exact) mass is 368 g/mol. The van der Waals surface area contributed by atoms with E-state index in [1.807, 2.05) is 30.3 Å². The fourth-order valence-corrected chi connectivity index (χ4v) is 5.22. The molecule has 7 rings (SSSR count). The van der Waals surface area contributed by atoms with Crippen LogP contribution in [0.1, 0.15) is 5.56 Å². The molecule has 0 unspecified atom stereocenters. The van der Waals surface area contributed by atoms with Gasteiger partial charge in [-0.3, -0.25) is 0 Å². The van der Waals surface area contributed by atoms with Gasteiger partial charge in [-0.2, -0.15) is 5.26 Å². The Balaban J connectivity index is 1.79. The predicted molar refractivity (Wildman–Crippen MR) is 117 cm³/mol. The number of para-hydroxylation sites is 2. The molecule has 3 nitrogen and oxygen atoms in total. The molecule has 0 radical (unpaired) electrons. The molecule has 0 atom stereocenters. The minimum absolute atomic E-state index is 0.0127. The number of benzene rings is 4. The molecule has 0 N–H and O–H groups in total. The van der Waals surface area contributed by atoms with Crippen LogP contribution in [0, 0.1) is 11.3 Å². The van der Waals surface area contributed by atoms with Crippen LogP contribution in [0.5, 0.6) is 11.5 Å². The SMILES string of the molecule is N#Cc1ccc2c3ccccc3n3c2c1B1c2ccccc2Oc2cccc-3c21. The molecule has 132 valence electrons. The second kappa shape index (κ2) is 5.09. The summed E-state index contributed by atoms with van der Waals surface area (Å²) in [5, 5.41) is 12.4. The van der Waals surface area contributed by atoms with Crippen molar-refractivity contribution in [2.24, 2.45) is 0 Å². The Morgan fingerprint density at radius 1 is 0.759 bits per heavy atom. The summed E-state index contributed by atoms with van der Waals surface area (Å²) in [5.41, 5.74) is 7.49. The van der Waals surface area contributed by atoms with E-state index in [-0.39, 0.29) is 6.71 Å². The third kappa shape index (κ3) is 1.69.